The van der Waals surface area contributed by atoms with Crippen LogP contribution in [0.4, 0.5) is 0 Å². The van der Waals surface area contributed by atoms with Gasteiger partial charge in [-0.1, -0.05) is 13.8 Å². The van der Waals surface area contributed by atoms with Crippen LogP contribution in [0.1, 0.15) is 73.1 Å². The van der Waals surface area contributed by atoms with Crippen molar-refractivity contribution in [2.45, 2.75) is 90.4 Å². The Labute approximate surface area is 142 Å². The number of hydrogen-bond donors (Lipinski definition) is 1. The Balaban J connectivity index is 1.84. The molecule has 0 aromatic carbocycles. The fourth-order valence-electron chi connectivity index (χ4n) is 4.10. The lowest BCUT2D eigenvalue weighted by Gasteiger charge is -2.51. The van der Waals surface area contributed by atoms with Crippen LogP contribution in [0, 0.1) is 5.92 Å². The Bertz CT molecular complexity index is 398. The molecule has 1 aliphatic heterocycles. The number of carbonyl (C=O) groups is 1. The van der Waals surface area contributed by atoms with Crippen molar-refractivity contribution in [3.05, 3.63) is 0 Å². The Morgan fingerprint density at radius 1 is 1.30 bits per heavy atom. The number of likely N-dealkylation sites (N-methyl/N-ethyl adjacent to an activating group) is 1. The number of nitrogens with zero attached hydrogens (tertiary/aromatic N) is 1. The lowest BCUT2D eigenvalue weighted by atomic mass is 9.79. The molecule has 1 heterocycles. The third-order valence-electron chi connectivity index (χ3n) is 5.42. The average Bonchev–Trinajstić information content (AvgIpc) is 2.49. The third-order valence-corrected chi connectivity index (χ3v) is 5.42. The highest BCUT2D eigenvalue weighted by Crippen LogP contribution is 2.39. The summed E-state index contributed by atoms with van der Waals surface area (Å²) >= 11 is 0. The summed E-state index contributed by atoms with van der Waals surface area (Å²) in [4.78, 5) is 14.4. The largest absolute Gasteiger partial charge is 0.357 e. The van der Waals surface area contributed by atoms with Gasteiger partial charge in [0.15, 0.2) is 0 Å². The second-order valence-corrected chi connectivity index (χ2v) is 8.38. The first-order valence-corrected chi connectivity index (χ1v) is 9.51. The van der Waals surface area contributed by atoms with E-state index in [0.717, 1.165) is 51.2 Å². The molecule has 4 nitrogen and oxygen atoms in total. The van der Waals surface area contributed by atoms with Crippen LogP contribution in [0.5, 0.6) is 0 Å². The first kappa shape index (κ1) is 18.7. The van der Waals surface area contributed by atoms with E-state index in [2.05, 4.69) is 26.1 Å². The quantitative estimate of drug-likeness (QED) is 0.762. The zero-order valence-electron chi connectivity index (χ0n) is 15.8. The van der Waals surface area contributed by atoms with Gasteiger partial charge in [-0.15, -0.1) is 0 Å². The molecule has 0 atom stereocenters. The number of nitrogens with one attached hydrogen (secondary N) is 1. The lowest BCUT2D eigenvalue weighted by molar-refractivity contribution is -0.214. The van der Waals surface area contributed by atoms with Crippen LogP contribution in [0.3, 0.4) is 0 Å². The predicted molar refractivity (Wildman–Crippen MR) is 94.5 cm³/mol. The highest BCUT2D eigenvalue weighted by Gasteiger charge is 2.50. The van der Waals surface area contributed by atoms with Crippen LogP contribution in [0.25, 0.3) is 0 Å². The van der Waals surface area contributed by atoms with Crippen LogP contribution in [-0.4, -0.2) is 47.7 Å². The zero-order chi connectivity index (χ0) is 17.1. The Morgan fingerprint density at radius 2 is 1.96 bits per heavy atom. The van der Waals surface area contributed by atoms with Crippen molar-refractivity contribution in [2.75, 3.05) is 19.6 Å². The third kappa shape index (κ3) is 4.69. The second-order valence-electron chi connectivity index (χ2n) is 8.38. The molecule has 4 heteroatoms. The summed E-state index contributed by atoms with van der Waals surface area (Å²) < 4.78 is 6.33. The zero-order valence-corrected chi connectivity index (χ0v) is 15.8. The van der Waals surface area contributed by atoms with Crippen LogP contribution in [-0.2, 0) is 9.53 Å². The normalized spacial score (nSPS) is 31.1. The van der Waals surface area contributed by atoms with Crippen LogP contribution in [0.2, 0.25) is 0 Å². The molecule has 1 saturated carbocycles. The smallest absolute Gasteiger partial charge is 0.254 e. The van der Waals surface area contributed by atoms with E-state index in [0.29, 0.717) is 6.04 Å². The highest BCUT2D eigenvalue weighted by atomic mass is 16.5. The number of amides is 1. The van der Waals surface area contributed by atoms with E-state index in [1.165, 1.54) is 12.8 Å². The summed E-state index contributed by atoms with van der Waals surface area (Å²) in [7, 11) is 0. The molecule has 1 N–H and O–H groups in total. The molecule has 134 valence electrons. The standard InChI is InChI=1S/C19H36N2O2/c1-6-21-14-19(23-18(4,5)17(21)22)11-9-16(10-12-19)20-13-7-8-15(2)3/h15-16,20H,6-14H2,1-5H3. The van der Waals surface area contributed by atoms with E-state index in [9.17, 15) is 4.79 Å². The van der Waals surface area contributed by atoms with E-state index >= 15 is 0 Å². The van der Waals surface area contributed by atoms with Gasteiger partial charge in [0.05, 0.1) is 5.60 Å². The summed E-state index contributed by atoms with van der Waals surface area (Å²) in [6.07, 6.45) is 6.99. The molecule has 2 aliphatic rings. The maximum Gasteiger partial charge on any atom is 0.254 e. The monoisotopic (exact) mass is 324 g/mol. The molecular formula is C19H36N2O2. The van der Waals surface area contributed by atoms with Gasteiger partial charge in [0.25, 0.3) is 5.91 Å². The number of ether oxygens (including phenoxy) is 1. The van der Waals surface area contributed by atoms with Crippen LogP contribution in [0.15, 0.2) is 0 Å². The van der Waals surface area contributed by atoms with E-state index in [1.54, 1.807) is 0 Å². The fraction of sp³-hybridized carbons (Fsp3) is 0.947. The Morgan fingerprint density at radius 3 is 2.52 bits per heavy atom. The summed E-state index contributed by atoms with van der Waals surface area (Å²) in [6, 6.07) is 0.618. The molecule has 0 bridgehead atoms. The summed E-state index contributed by atoms with van der Waals surface area (Å²) in [6.45, 7) is 13.2. The van der Waals surface area contributed by atoms with Crippen molar-refractivity contribution < 1.29 is 9.53 Å². The van der Waals surface area contributed by atoms with Crippen molar-refractivity contribution in [1.82, 2.24) is 10.2 Å². The number of carbonyl (C=O) groups excluding carboxylic acids is 1. The number of rotatable bonds is 6. The Kier molecular flexibility index (Phi) is 6.12. The molecule has 0 aromatic heterocycles. The van der Waals surface area contributed by atoms with Crippen molar-refractivity contribution in [1.29, 1.82) is 0 Å². The second kappa shape index (κ2) is 7.52. The predicted octanol–water partition coefficient (Wildman–Crippen LogP) is 3.35. The van der Waals surface area contributed by atoms with Crippen molar-refractivity contribution in [3.63, 3.8) is 0 Å². The molecule has 2 fully saturated rings. The molecule has 1 aliphatic carbocycles. The van der Waals surface area contributed by atoms with E-state index in [1.807, 2.05) is 18.7 Å². The van der Waals surface area contributed by atoms with E-state index < -0.39 is 5.60 Å². The molecule has 0 aromatic rings. The summed E-state index contributed by atoms with van der Waals surface area (Å²) in [5.74, 6) is 0.932. The molecule has 23 heavy (non-hydrogen) atoms. The SMILES string of the molecule is CCN1CC2(CCC(NCCCC(C)C)CC2)OC(C)(C)C1=O. The van der Waals surface area contributed by atoms with Crippen molar-refractivity contribution in [3.8, 4) is 0 Å². The van der Waals surface area contributed by atoms with Crippen molar-refractivity contribution >= 4 is 5.91 Å². The maximum atomic E-state index is 12.4. The summed E-state index contributed by atoms with van der Waals surface area (Å²) in [5.41, 5.74) is -0.796. The minimum Gasteiger partial charge on any atom is -0.357 e. The molecule has 1 amide bonds. The van der Waals surface area contributed by atoms with Gasteiger partial charge in [0, 0.05) is 19.1 Å². The fourth-order valence-corrected chi connectivity index (χ4v) is 4.10. The summed E-state index contributed by atoms with van der Waals surface area (Å²) in [5, 5.41) is 3.72. The van der Waals surface area contributed by atoms with E-state index in [4.69, 9.17) is 4.74 Å². The molecule has 0 unspecified atom stereocenters. The van der Waals surface area contributed by atoms with Gasteiger partial charge in [0.2, 0.25) is 0 Å². The lowest BCUT2D eigenvalue weighted by Crippen LogP contribution is -2.64. The van der Waals surface area contributed by atoms with Gasteiger partial charge in [-0.05, 0) is 71.8 Å². The molecular weight excluding hydrogens is 288 g/mol. The average molecular weight is 325 g/mol. The number of morpholine rings is 1. The highest BCUT2D eigenvalue weighted by molar-refractivity contribution is 5.85. The minimum absolute atomic E-state index is 0.121. The maximum absolute atomic E-state index is 12.4. The minimum atomic E-state index is -0.675. The van der Waals surface area contributed by atoms with Crippen LogP contribution >= 0.6 is 0 Å². The molecule has 1 spiro atoms. The molecule has 2 rings (SSSR count). The van der Waals surface area contributed by atoms with Gasteiger partial charge in [-0.25, -0.2) is 0 Å². The molecule has 1 saturated heterocycles. The van der Waals surface area contributed by atoms with Gasteiger partial charge in [-0.3, -0.25) is 4.79 Å². The van der Waals surface area contributed by atoms with Gasteiger partial charge in [0.1, 0.15) is 5.60 Å². The first-order valence-electron chi connectivity index (χ1n) is 9.51. The van der Waals surface area contributed by atoms with Crippen molar-refractivity contribution in [2.24, 2.45) is 5.92 Å². The Hall–Kier alpha value is -0.610. The van der Waals surface area contributed by atoms with E-state index in [-0.39, 0.29) is 11.5 Å². The topological polar surface area (TPSA) is 41.6 Å². The number of hydrogen-bond acceptors (Lipinski definition) is 3. The van der Waals surface area contributed by atoms with Gasteiger partial charge in [-0.2, -0.15) is 0 Å². The van der Waals surface area contributed by atoms with Crippen LogP contribution < -0.4 is 5.32 Å². The van der Waals surface area contributed by atoms with Gasteiger partial charge < -0.3 is 15.0 Å². The first-order chi connectivity index (χ1) is 10.8. The molecule has 0 radical (unpaired) electrons. The van der Waals surface area contributed by atoms with Gasteiger partial charge >= 0.3 is 0 Å².